The molecule has 28 heavy (non-hydrogen) atoms. The van der Waals surface area contributed by atoms with E-state index in [4.69, 9.17) is 5.10 Å². The van der Waals surface area contributed by atoms with E-state index >= 15 is 0 Å². The van der Waals surface area contributed by atoms with Crippen LogP contribution in [0.5, 0.6) is 5.75 Å². The van der Waals surface area contributed by atoms with Gasteiger partial charge >= 0.3 is 6.36 Å². The van der Waals surface area contributed by atoms with Gasteiger partial charge in [0.1, 0.15) is 11.6 Å². The van der Waals surface area contributed by atoms with Gasteiger partial charge in [0.2, 0.25) is 0 Å². The molecule has 0 saturated carbocycles. The van der Waals surface area contributed by atoms with E-state index in [2.05, 4.69) is 10.1 Å². The van der Waals surface area contributed by atoms with Gasteiger partial charge in [-0.25, -0.2) is 4.68 Å². The maximum absolute atomic E-state index is 12.4. The van der Waals surface area contributed by atoms with Crippen LogP contribution in [0.3, 0.4) is 0 Å². The summed E-state index contributed by atoms with van der Waals surface area (Å²) < 4.78 is 43.0. The zero-order valence-corrected chi connectivity index (χ0v) is 15.4. The molecule has 0 radical (unpaired) electrons. The molecule has 1 aliphatic rings. The predicted molar refractivity (Wildman–Crippen MR) is 102 cm³/mol. The Morgan fingerprint density at radius 1 is 1.00 bits per heavy atom. The minimum atomic E-state index is -4.70. The summed E-state index contributed by atoms with van der Waals surface area (Å²) in [5.41, 5.74) is 4.92. The number of hydrogen-bond donors (Lipinski definition) is 1. The number of aromatic nitrogens is 2. The zero-order valence-electron chi connectivity index (χ0n) is 15.4. The SMILES string of the molecule is Cc1ccc(-c2nn(-c3ccc(OC(F)(F)F)cc3)c3c2CCCCN3)cc1. The van der Waals surface area contributed by atoms with E-state index in [1.165, 1.54) is 17.7 Å². The summed E-state index contributed by atoms with van der Waals surface area (Å²) in [6, 6.07) is 14.0. The molecule has 0 atom stereocenters. The van der Waals surface area contributed by atoms with Crippen molar-refractivity contribution in [2.75, 3.05) is 11.9 Å². The molecular formula is C21H20F3N3O. The Morgan fingerprint density at radius 2 is 1.71 bits per heavy atom. The van der Waals surface area contributed by atoms with Gasteiger partial charge in [-0.15, -0.1) is 13.2 Å². The van der Waals surface area contributed by atoms with E-state index < -0.39 is 6.36 Å². The second-order valence-electron chi connectivity index (χ2n) is 6.88. The van der Waals surface area contributed by atoms with Crippen LogP contribution in [-0.4, -0.2) is 22.7 Å². The highest BCUT2D eigenvalue weighted by Gasteiger charge is 2.31. The van der Waals surface area contributed by atoms with Gasteiger partial charge in [-0.2, -0.15) is 5.10 Å². The van der Waals surface area contributed by atoms with Crippen LogP contribution in [0.2, 0.25) is 0 Å². The van der Waals surface area contributed by atoms with Crippen LogP contribution in [0, 0.1) is 6.92 Å². The lowest BCUT2D eigenvalue weighted by atomic mass is 10.0. The monoisotopic (exact) mass is 387 g/mol. The van der Waals surface area contributed by atoms with Gasteiger partial charge in [-0.1, -0.05) is 29.8 Å². The molecule has 0 aliphatic carbocycles. The third-order valence-electron chi connectivity index (χ3n) is 4.77. The number of ether oxygens (including phenoxy) is 1. The van der Waals surface area contributed by atoms with E-state index in [1.54, 1.807) is 16.8 Å². The summed E-state index contributed by atoms with van der Waals surface area (Å²) in [4.78, 5) is 0. The highest BCUT2D eigenvalue weighted by molar-refractivity contribution is 5.71. The molecule has 4 nitrogen and oxygen atoms in total. The van der Waals surface area contributed by atoms with Crippen LogP contribution < -0.4 is 10.1 Å². The van der Waals surface area contributed by atoms with Gasteiger partial charge in [0, 0.05) is 17.7 Å². The predicted octanol–water partition coefficient (Wildman–Crippen LogP) is 5.49. The molecule has 0 fully saturated rings. The summed E-state index contributed by atoms with van der Waals surface area (Å²) >= 11 is 0. The van der Waals surface area contributed by atoms with Crippen molar-refractivity contribution in [3.8, 4) is 22.7 Å². The van der Waals surface area contributed by atoms with Crippen LogP contribution in [0.1, 0.15) is 24.0 Å². The number of aryl methyl sites for hydroxylation is 1. The van der Waals surface area contributed by atoms with E-state index in [-0.39, 0.29) is 5.75 Å². The Bertz CT molecular complexity index is 960. The molecule has 0 bridgehead atoms. The minimum absolute atomic E-state index is 0.249. The molecule has 1 aliphatic heterocycles. The molecule has 1 N–H and O–H groups in total. The number of alkyl halides is 3. The molecule has 1 aromatic heterocycles. The Labute approximate surface area is 160 Å². The molecule has 0 saturated heterocycles. The molecule has 0 spiro atoms. The van der Waals surface area contributed by atoms with Crippen molar-refractivity contribution in [2.45, 2.75) is 32.5 Å². The lowest BCUT2D eigenvalue weighted by Crippen LogP contribution is -2.17. The molecular weight excluding hydrogens is 367 g/mol. The Morgan fingerprint density at radius 3 is 2.39 bits per heavy atom. The lowest BCUT2D eigenvalue weighted by molar-refractivity contribution is -0.274. The first kappa shape index (κ1) is 18.4. The van der Waals surface area contributed by atoms with Crippen LogP contribution in [0.4, 0.5) is 19.0 Å². The van der Waals surface area contributed by atoms with Gasteiger partial charge in [0.05, 0.1) is 11.4 Å². The summed E-state index contributed by atoms with van der Waals surface area (Å²) in [6.45, 7) is 2.87. The maximum Gasteiger partial charge on any atom is 0.573 e. The number of nitrogens with zero attached hydrogens (tertiary/aromatic N) is 2. The average molecular weight is 387 g/mol. The summed E-state index contributed by atoms with van der Waals surface area (Å²) in [5.74, 6) is 0.652. The normalized spacial score (nSPS) is 14.1. The number of hydrogen-bond acceptors (Lipinski definition) is 3. The minimum Gasteiger partial charge on any atom is -0.406 e. The Kier molecular flexibility index (Phi) is 4.75. The molecule has 0 amide bonds. The van der Waals surface area contributed by atoms with Crippen molar-refractivity contribution in [3.05, 3.63) is 59.7 Å². The first-order valence-corrected chi connectivity index (χ1v) is 9.20. The van der Waals surface area contributed by atoms with Crippen molar-refractivity contribution in [2.24, 2.45) is 0 Å². The number of rotatable bonds is 3. The Balaban J connectivity index is 1.76. The van der Waals surface area contributed by atoms with Crippen molar-refractivity contribution in [3.63, 3.8) is 0 Å². The largest absolute Gasteiger partial charge is 0.573 e. The number of anilines is 1. The number of halogens is 3. The number of fused-ring (bicyclic) bond motifs is 1. The third kappa shape index (κ3) is 3.83. The van der Waals surface area contributed by atoms with Crippen LogP contribution in [0.15, 0.2) is 48.5 Å². The van der Waals surface area contributed by atoms with Gasteiger partial charge in [-0.05, 0) is 50.5 Å². The smallest absolute Gasteiger partial charge is 0.406 e. The molecule has 0 unspecified atom stereocenters. The number of benzene rings is 2. The van der Waals surface area contributed by atoms with Crippen molar-refractivity contribution in [1.82, 2.24) is 9.78 Å². The molecule has 4 rings (SSSR count). The summed E-state index contributed by atoms with van der Waals surface area (Å²) in [6.07, 6.45) is -1.69. The fraction of sp³-hybridized carbons (Fsp3) is 0.286. The van der Waals surface area contributed by atoms with Crippen LogP contribution >= 0.6 is 0 Å². The van der Waals surface area contributed by atoms with E-state index in [0.29, 0.717) is 5.69 Å². The van der Waals surface area contributed by atoms with Crippen molar-refractivity contribution < 1.29 is 17.9 Å². The van der Waals surface area contributed by atoms with E-state index in [1.807, 2.05) is 31.2 Å². The summed E-state index contributed by atoms with van der Waals surface area (Å²) in [7, 11) is 0. The quantitative estimate of drug-likeness (QED) is 0.645. The standard InChI is InChI=1S/C21H20F3N3O/c1-14-5-7-15(8-6-14)19-18-4-2-3-13-25-20(18)27(26-19)16-9-11-17(12-10-16)28-21(22,23)24/h5-12,25H,2-4,13H2,1H3. The molecule has 7 heteroatoms. The van der Waals surface area contributed by atoms with Crippen LogP contribution in [0.25, 0.3) is 16.9 Å². The van der Waals surface area contributed by atoms with E-state index in [0.717, 1.165) is 48.4 Å². The average Bonchev–Trinajstić information content (AvgIpc) is 2.83. The van der Waals surface area contributed by atoms with Crippen molar-refractivity contribution in [1.29, 1.82) is 0 Å². The van der Waals surface area contributed by atoms with Gasteiger partial charge in [0.25, 0.3) is 0 Å². The highest BCUT2D eigenvalue weighted by atomic mass is 19.4. The molecule has 2 heterocycles. The first-order chi connectivity index (χ1) is 13.4. The maximum atomic E-state index is 12.4. The fourth-order valence-electron chi connectivity index (χ4n) is 3.42. The topological polar surface area (TPSA) is 39.1 Å². The second kappa shape index (κ2) is 7.22. The van der Waals surface area contributed by atoms with Gasteiger partial charge in [0.15, 0.2) is 0 Å². The molecule has 146 valence electrons. The second-order valence-corrected chi connectivity index (χ2v) is 6.88. The molecule has 2 aromatic carbocycles. The van der Waals surface area contributed by atoms with E-state index in [9.17, 15) is 13.2 Å². The first-order valence-electron chi connectivity index (χ1n) is 9.20. The lowest BCUT2D eigenvalue weighted by Gasteiger charge is -2.11. The molecule has 3 aromatic rings. The highest BCUT2D eigenvalue weighted by Crippen LogP contribution is 2.34. The summed E-state index contributed by atoms with van der Waals surface area (Å²) in [5, 5.41) is 8.23. The van der Waals surface area contributed by atoms with Gasteiger partial charge < -0.3 is 10.1 Å². The zero-order chi connectivity index (χ0) is 19.7. The van der Waals surface area contributed by atoms with Crippen molar-refractivity contribution >= 4 is 5.82 Å². The third-order valence-corrected chi connectivity index (χ3v) is 4.77. The van der Waals surface area contributed by atoms with Crippen LogP contribution in [-0.2, 0) is 6.42 Å². The van der Waals surface area contributed by atoms with Gasteiger partial charge in [-0.3, -0.25) is 0 Å². The number of nitrogens with one attached hydrogen (secondary N) is 1. The Hall–Kier alpha value is -2.96. The fourth-order valence-corrected chi connectivity index (χ4v) is 3.42.